The molecule has 0 aliphatic rings. The third kappa shape index (κ3) is 2.30. The van der Waals surface area contributed by atoms with Crippen LogP contribution in [0.2, 0.25) is 0 Å². The summed E-state index contributed by atoms with van der Waals surface area (Å²) in [6.45, 7) is 7.00. The van der Waals surface area contributed by atoms with Crippen molar-refractivity contribution in [3.8, 4) is 6.01 Å². The molecule has 104 valence electrons. The molecule has 0 fully saturated rings. The minimum atomic E-state index is 0.319. The van der Waals surface area contributed by atoms with Gasteiger partial charge >= 0.3 is 6.01 Å². The number of hydrogen-bond acceptors (Lipinski definition) is 4. The molecule has 2 N–H and O–H groups in total. The number of rotatable bonds is 4. The average Bonchev–Trinajstić information content (AvgIpc) is 2.68. The van der Waals surface area contributed by atoms with Gasteiger partial charge in [-0.15, -0.1) is 0 Å². The van der Waals surface area contributed by atoms with Crippen molar-refractivity contribution in [1.82, 2.24) is 14.5 Å². The van der Waals surface area contributed by atoms with Gasteiger partial charge in [-0.3, -0.25) is 0 Å². The molecule has 2 rings (SSSR count). The van der Waals surface area contributed by atoms with Crippen molar-refractivity contribution in [3.63, 3.8) is 0 Å². The lowest BCUT2D eigenvalue weighted by atomic mass is 9.88. The number of ether oxygens (including phenoxy) is 1. The van der Waals surface area contributed by atoms with E-state index >= 15 is 0 Å². The van der Waals surface area contributed by atoms with E-state index in [1.165, 1.54) is 5.56 Å². The highest BCUT2D eigenvalue weighted by molar-refractivity contribution is 5.83. The summed E-state index contributed by atoms with van der Waals surface area (Å²) in [5.41, 5.74) is 9.01. The molecule has 19 heavy (non-hydrogen) atoms. The SMILES string of the molecule is COc1nc(C)c2c(C(CN)C(C)C)cn(C)c2n1. The van der Waals surface area contributed by atoms with Crippen molar-refractivity contribution < 1.29 is 4.74 Å². The van der Waals surface area contributed by atoms with Crippen LogP contribution in [0.5, 0.6) is 6.01 Å². The van der Waals surface area contributed by atoms with Crippen LogP contribution in [-0.4, -0.2) is 28.2 Å². The van der Waals surface area contributed by atoms with Crippen molar-refractivity contribution in [2.75, 3.05) is 13.7 Å². The van der Waals surface area contributed by atoms with Gasteiger partial charge in [0.2, 0.25) is 0 Å². The fourth-order valence-corrected chi connectivity index (χ4v) is 2.59. The number of hydrogen-bond donors (Lipinski definition) is 1. The van der Waals surface area contributed by atoms with Gasteiger partial charge in [0.25, 0.3) is 0 Å². The first-order chi connectivity index (χ1) is 8.99. The quantitative estimate of drug-likeness (QED) is 0.915. The van der Waals surface area contributed by atoms with Crippen LogP contribution in [0.1, 0.15) is 31.0 Å². The number of nitrogens with zero attached hydrogens (tertiary/aromatic N) is 3. The second-order valence-corrected chi connectivity index (χ2v) is 5.28. The summed E-state index contributed by atoms with van der Waals surface area (Å²) in [6, 6.07) is 0.409. The van der Waals surface area contributed by atoms with Crippen LogP contribution >= 0.6 is 0 Å². The van der Waals surface area contributed by atoms with Gasteiger partial charge in [-0.05, 0) is 24.9 Å². The molecular weight excluding hydrogens is 240 g/mol. The molecule has 1 unspecified atom stereocenters. The van der Waals surface area contributed by atoms with Crippen molar-refractivity contribution >= 4 is 11.0 Å². The van der Waals surface area contributed by atoms with Crippen LogP contribution < -0.4 is 10.5 Å². The molecule has 1 atom stereocenters. The van der Waals surface area contributed by atoms with Gasteiger partial charge in [0.1, 0.15) is 5.65 Å². The summed E-state index contributed by atoms with van der Waals surface area (Å²) < 4.78 is 7.16. The molecule has 0 saturated heterocycles. The van der Waals surface area contributed by atoms with Crippen LogP contribution in [0.15, 0.2) is 6.20 Å². The van der Waals surface area contributed by atoms with Gasteiger partial charge in [-0.25, -0.2) is 0 Å². The summed E-state index contributed by atoms with van der Waals surface area (Å²) >= 11 is 0. The summed E-state index contributed by atoms with van der Waals surface area (Å²) in [5, 5.41) is 1.10. The molecule has 0 aromatic carbocycles. The molecule has 2 heterocycles. The number of fused-ring (bicyclic) bond motifs is 1. The van der Waals surface area contributed by atoms with E-state index in [0.29, 0.717) is 24.4 Å². The summed E-state index contributed by atoms with van der Waals surface area (Å²) in [6.07, 6.45) is 2.11. The number of aryl methyl sites for hydroxylation is 2. The largest absolute Gasteiger partial charge is 0.467 e. The molecule has 0 aliphatic heterocycles. The molecule has 0 amide bonds. The molecule has 5 nitrogen and oxygen atoms in total. The molecule has 0 aliphatic carbocycles. The average molecular weight is 262 g/mol. The first-order valence-corrected chi connectivity index (χ1v) is 6.57. The number of nitrogens with two attached hydrogens (primary N) is 1. The second-order valence-electron chi connectivity index (χ2n) is 5.28. The molecule has 2 aromatic rings. The monoisotopic (exact) mass is 262 g/mol. The van der Waals surface area contributed by atoms with Gasteiger partial charge in [0, 0.05) is 24.5 Å². The standard InChI is InChI=1S/C14H22N4O/c1-8(2)10(6-15)11-7-18(4)13-12(11)9(3)16-14(17-13)19-5/h7-8,10H,6,15H2,1-5H3. The Labute approximate surface area is 113 Å². The van der Waals surface area contributed by atoms with Crippen LogP contribution in [0.4, 0.5) is 0 Å². The molecule has 0 spiro atoms. The molecule has 5 heteroatoms. The Kier molecular flexibility index (Phi) is 3.75. The zero-order chi connectivity index (χ0) is 14.2. The molecule has 0 radical (unpaired) electrons. The highest BCUT2D eigenvalue weighted by atomic mass is 16.5. The highest BCUT2D eigenvalue weighted by Gasteiger charge is 2.22. The summed E-state index contributed by atoms with van der Waals surface area (Å²) in [5.74, 6) is 0.802. The minimum Gasteiger partial charge on any atom is -0.467 e. The van der Waals surface area contributed by atoms with Crippen LogP contribution in [0.25, 0.3) is 11.0 Å². The van der Waals surface area contributed by atoms with Crippen molar-refractivity contribution in [1.29, 1.82) is 0 Å². The van der Waals surface area contributed by atoms with E-state index in [0.717, 1.165) is 16.7 Å². The predicted molar refractivity (Wildman–Crippen MR) is 76.4 cm³/mol. The second kappa shape index (κ2) is 5.17. The molecule has 0 bridgehead atoms. The number of aromatic nitrogens is 3. The Morgan fingerprint density at radius 1 is 1.37 bits per heavy atom. The lowest BCUT2D eigenvalue weighted by Crippen LogP contribution is -2.17. The molecule has 0 saturated carbocycles. The normalized spacial score (nSPS) is 13.2. The van der Waals surface area contributed by atoms with Crippen LogP contribution in [0.3, 0.4) is 0 Å². The van der Waals surface area contributed by atoms with Crippen molar-refractivity contribution in [2.45, 2.75) is 26.7 Å². The van der Waals surface area contributed by atoms with Gasteiger partial charge in [0.05, 0.1) is 12.8 Å². The Bertz CT molecular complexity index is 589. The van der Waals surface area contributed by atoms with Gasteiger partial charge in [-0.1, -0.05) is 13.8 Å². The van der Waals surface area contributed by atoms with E-state index in [9.17, 15) is 0 Å². The first-order valence-electron chi connectivity index (χ1n) is 6.57. The predicted octanol–water partition coefficient (Wildman–Crippen LogP) is 1.98. The Balaban J connectivity index is 2.70. The third-order valence-electron chi connectivity index (χ3n) is 3.65. The lowest BCUT2D eigenvalue weighted by molar-refractivity contribution is 0.380. The van der Waals surface area contributed by atoms with E-state index in [4.69, 9.17) is 10.5 Å². The van der Waals surface area contributed by atoms with E-state index in [1.54, 1.807) is 7.11 Å². The van der Waals surface area contributed by atoms with Crippen LogP contribution in [-0.2, 0) is 7.05 Å². The van der Waals surface area contributed by atoms with Crippen molar-refractivity contribution in [3.05, 3.63) is 17.5 Å². The van der Waals surface area contributed by atoms with E-state index in [2.05, 4.69) is 30.0 Å². The third-order valence-corrected chi connectivity index (χ3v) is 3.65. The topological polar surface area (TPSA) is 66.0 Å². The minimum absolute atomic E-state index is 0.319. The summed E-state index contributed by atoms with van der Waals surface area (Å²) in [7, 11) is 3.58. The number of methoxy groups -OCH3 is 1. The molecular formula is C14H22N4O. The maximum atomic E-state index is 5.94. The van der Waals surface area contributed by atoms with Gasteiger partial charge in [0.15, 0.2) is 0 Å². The Hall–Kier alpha value is -1.62. The maximum Gasteiger partial charge on any atom is 0.318 e. The molecule has 2 aromatic heterocycles. The van der Waals surface area contributed by atoms with E-state index in [1.807, 2.05) is 18.5 Å². The Morgan fingerprint density at radius 3 is 2.58 bits per heavy atom. The van der Waals surface area contributed by atoms with Crippen LogP contribution in [0, 0.1) is 12.8 Å². The van der Waals surface area contributed by atoms with Gasteiger partial charge in [-0.2, -0.15) is 9.97 Å². The lowest BCUT2D eigenvalue weighted by Gasteiger charge is -2.18. The Morgan fingerprint density at radius 2 is 2.05 bits per heavy atom. The first kappa shape index (κ1) is 13.8. The van der Waals surface area contributed by atoms with Gasteiger partial charge < -0.3 is 15.0 Å². The fourth-order valence-electron chi connectivity index (χ4n) is 2.59. The maximum absolute atomic E-state index is 5.94. The van der Waals surface area contributed by atoms with Crippen molar-refractivity contribution in [2.24, 2.45) is 18.7 Å². The zero-order valence-electron chi connectivity index (χ0n) is 12.3. The summed E-state index contributed by atoms with van der Waals surface area (Å²) in [4.78, 5) is 8.82. The van der Waals surface area contributed by atoms with E-state index < -0.39 is 0 Å². The van der Waals surface area contributed by atoms with E-state index in [-0.39, 0.29) is 0 Å². The fraction of sp³-hybridized carbons (Fsp3) is 0.571. The highest BCUT2D eigenvalue weighted by Crippen LogP contribution is 2.32. The zero-order valence-corrected chi connectivity index (χ0v) is 12.3. The smallest absolute Gasteiger partial charge is 0.318 e.